The first-order chi connectivity index (χ1) is 7.24. The van der Waals surface area contributed by atoms with Gasteiger partial charge in [0.1, 0.15) is 6.07 Å². The molecule has 0 saturated heterocycles. The second-order valence-corrected chi connectivity index (χ2v) is 2.84. The molecule has 15 heavy (non-hydrogen) atoms. The molecule has 0 atom stereocenters. The Labute approximate surface area is 88.0 Å². The fourth-order valence-corrected chi connectivity index (χ4v) is 1.08. The van der Waals surface area contributed by atoms with Gasteiger partial charge in [0.15, 0.2) is 0 Å². The summed E-state index contributed by atoms with van der Waals surface area (Å²) < 4.78 is 0. The van der Waals surface area contributed by atoms with Gasteiger partial charge in [0.25, 0.3) is 0 Å². The number of amides is 1. The molecule has 76 valence electrons. The molecule has 4 nitrogen and oxygen atoms in total. The van der Waals surface area contributed by atoms with E-state index in [1.807, 2.05) is 6.07 Å². The zero-order valence-corrected chi connectivity index (χ0v) is 8.10. The van der Waals surface area contributed by atoms with Crippen molar-refractivity contribution in [2.45, 2.75) is 0 Å². The van der Waals surface area contributed by atoms with Crippen LogP contribution in [-0.2, 0) is 4.79 Å². The standard InChI is InChI=1S/C11H11N3O/c12-8-9-4-1-2-5-10(9)14-7-3-6-11(13)15/h1-6,14H,7H2,(H2,13,15). The Kier molecular flexibility index (Phi) is 3.92. The van der Waals surface area contributed by atoms with E-state index in [1.54, 1.807) is 24.3 Å². The summed E-state index contributed by atoms with van der Waals surface area (Å²) in [7, 11) is 0. The number of carbonyl (C=O) groups excluding carboxylic acids is 1. The zero-order chi connectivity index (χ0) is 11.1. The summed E-state index contributed by atoms with van der Waals surface area (Å²) in [5.74, 6) is -0.481. The predicted octanol–water partition coefficient (Wildman–Crippen LogP) is 1.01. The van der Waals surface area contributed by atoms with Crippen molar-refractivity contribution < 1.29 is 4.79 Å². The van der Waals surface area contributed by atoms with Crippen molar-refractivity contribution in [1.82, 2.24) is 0 Å². The van der Waals surface area contributed by atoms with E-state index in [1.165, 1.54) is 6.08 Å². The summed E-state index contributed by atoms with van der Waals surface area (Å²) in [6.45, 7) is 0.460. The van der Waals surface area contributed by atoms with Gasteiger partial charge in [-0.05, 0) is 12.1 Å². The smallest absolute Gasteiger partial charge is 0.241 e. The maximum Gasteiger partial charge on any atom is 0.241 e. The number of nitrogens with one attached hydrogen (secondary N) is 1. The number of primary amides is 1. The Bertz CT molecular complexity index is 418. The van der Waals surface area contributed by atoms with Crippen LogP contribution in [0.3, 0.4) is 0 Å². The first-order valence-corrected chi connectivity index (χ1v) is 4.43. The van der Waals surface area contributed by atoms with E-state index in [9.17, 15) is 4.79 Å². The molecule has 0 saturated carbocycles. The van der Waals surface area contributed by atoms with Crippen molar-refractivity contribution in [3.8, 4) is 6.07 Å². The van der Waals surface area contributed by atoms with Crippen molar-refractivity contribution in [1.29, 1.82) is 5.26 Å². The average Bonchev–Trinajstić information content (AvgIpc) is 2.24. The van der Waals surface area contributed by atoms with Crippen molar-refractivity contribution in [3.05, 3.63) is 42.0 Å². The minimum absolute atomic E-state index is 0.460. The van der Waals surface area contributed by atoms with E-state index in [4.69, 9.17) is 11.0 Å². The van der Waals surface area contributed by atoms with Crippen molar-refractivity contribution in [2.24, 2.45) is 5.73 Å². The SMILES string of the molecule is N#Cc1ccccc1NCC=CC(N)=O. The van der Waals surface area contributed by atoms with Gasteiger partial charge < -0.3 is 11.1 Å². The van der Waals surface area contributed by atoms with E-state index in [-0.39, 0.29) is 0 Å². The second-order valence-electron chi connectivity index (χ2n) is 2.84. The molecule has 0 aromatic heterocycles. The molecule has 0 aliphatic carbocycles. The van der Waals surface area contributed by atoms with Gasteiger partial charge in [0.2, 0.25) is 5.91 Å². The van der Waals surface area contributed by atoms with Gasteiger partial charge in [-0.3, -0.25) is 4.79 Å². The number of para-hydroxylation sites is 1. The van der Waals surface area contributed by atoms with Crippen LogP contribution >= 0.6 is 0 Å². The molecular formula is C11H11N3O. The first-order valence-electron chi connectivity index (χ1n) is 4.43. The average molecular weight is 201 g/mol. The lowest BCUT2D eigenvalue weighted by atomic mass is 10.2. The van der Waals surface area contributed by atoms with Crippen molar-refractivity contribution in [3.63, 3.8) is 0 Å². The molecule has 1 aromatic rings. The van der Waals surface area contributed by atoms with Gasteiger partial charge >= 0.3 is 0 Å². The lowest BCUT2D eigenvalue weighted by Crippen LogP contribution is -2.07. The summed E-state index contributed by atoms with van der Waals surface area (Å²) in [4.78, 5) is 10.4. The molecule has 0 fully saturated rings. The molecular weight excluding hydrogens is 190 g/mol. The quantitative estimate of drug-likeness (QED) is 0.713. The van der Waals surface area contributed by atoms with E-state index >= 15 is 0 Å². The number of nitrogens with two attached hydrogens (primary N) is 1. The van der Waals surface area contributed by atoms with Crippen LogP contribution in [0.25, 0.3) is 0 Å². The molecule has 0 unspecified atom stereocenters. The number of nitriles is 1. The van der Waals surface area contributed by atoms with E-state index in [0.29, 0.717) is 12.1 Å². The summed E-state index contributed by atoms with van der Waals surface area (Å²) in [5.41, 5.74) is 6.24. The van der Waals surface area contributed by atoms with Gasteiger partial charge in [-0.2, -0.15) is 5.26 Å². The van der Waals surface area contributed by atoms with Gasteiger partial charge in [0, 0.05) is 12.6 Å². The van der Waals surface area contributed by atoms with E-state index in [0.717, 1.165) is 5.69 Å². The fraction of sp³-hybridized carbons (Fsp3) is 0.0909. The summed E-state index contributed by atoms with van der Waals surface area (Å²) in [5, 5.41) is 11.8. The third kappa shape index (κ3) is 3.53. The number of benzene rings is 1. The van der Waals surface area contributed by atoms with Gasteiger partial charge in [0.05, 0.1) is 11.3 Å². The molecule has 1 rings (SSSR count). The lowest BCUT2D eigenvalue weighted by Gasteiger charge is -2.04. The number of nitrogens with zero attached hydrogens (tertiary/aromatic N) is 1. The normalized spacial score (nSPS) is 9.80. The third-order valence-electron chi connectivity index (χ3n) is 1.74. The molecule has 0 heterocycles. The number of rotatable bonds is 4. The first kappa shape index (κ1) is 10.8. The van der Waals surface area contributed by atoms with Crippen LogP contribution in [0.4, 0.5) is 5.69 Å². The van der Waals surface area contributed by atoms with E-state index < -0.39 is 5.91 Å². The van der Waals surface area contributed by atoms with Crippen molar-refractivity contribution in [2.75, 3.05) is 11.9 Å². The Morgan fingerprint density at radius 2 is 2.27 bits per heavy atom. The van der Waals surface area contributed by atoms with Crippen LogP contribution < -0.4 is 11.1 Å². The van der Waals surface area contributed by atoms with Crippen molar-refractivity contribution >= 4 is 11.6 Å². The van der Waals surface area contributed by atoms with Crippen LogP contribution in [0.15, 0.2) is 36.4 Å². The number of hydrogen-bond donors (Lipinski definition) is 2. The summed E-state index contributed by atoms with van der Waals surface area (Å²) in [6, 6.07) is 9.22. The fourth-order valence-electron chi connectivity index (χ4n) is 1.08. The molecule has 1 aromatic carbocycles. The molecule has 4 heteroatoms. The molecule has 0 aliphatic heterocycles. The summed E-state index contributed by atoms with van der Waals surface area (Å²) in [6.07, 6.45) is 2.89. The number of anilines is 1. The highest BCUT2D eigenvalue weighted by Gasteiger charge is 1.97. The molecule has 3 N–H and O–H groups in total. The zero-order valence-electron chi connectivity index (χ0n) is 8.10. The van der Waals surface area contributed by atoms with Gasteiger partial charge in [-0.25, -0.2) is 0 Å². The minimum Gasteiger partial charge on any atom is -0.380 e. The number of carbonyl (C=O) groups is 1. The molecule has 0 radical (unpaired) electrons. The van der Waals surface area contributed by atoms with Crippen LogP contribution in [0.2, 0.25) is 0 Å². The number of hydrogen-bond acceptors (Lipinski definition) is 3. The van der Waals surface area contributed by atoms with Crippen LogP contribution in [0.5, 0.6) is 0 Å². The summed E-state index contributed by atoms with van der Waals surface area (Å²) >= 11 is 0. The highest BCUT2D eigenvalue weighted by molar-refractivity contribution is 5.85. The Hall–Kier alpha value is -2.28. The Morgan fingerprint density at radius 1 is 1.53 bits per heavy atom. The van der Waals surface area contributed by atoms with Crippen LogP contribution in [0.1, 0.15) is 5.56 Å². The maximum atomic E-state index is 10.4. The monoisotopic (exact) mass is 201 g/mol. The maximum absolute atomic E-state index is 10.4. The van der Waals surface area contributed by atoms with Crippen LogP contribution in [0, 0.1) is 11.3 Å². The Morgan fingerprint density at radius 3 is 2.93 bits per heavy atom. The highest BCUT2D eigenvalue weighted by Crippen LogP contribution is 2.12. The van der Waals surface area contributed by atoms with Crippen LogP contribution in [-0.4, -0.2) is 12.5 Å². The largest absolute Gasteiger partial charge is 0.380 e. The predicted molar refractivity (Wildman–Crippen MR) is 58.0 cm³/mol. The molecule has 0 aliphatic rings. The van der Waals surface area contributed by atoms with E-state index in [2.05, 4.69) is 11.4 Å². The van der Waals surface area contributed by atoms with Gasteiger partial charge in [-0.15, -0.1) is 0 Å². The minimum atomic E-state index is -0.481. The topological polar surface area (TPSA) is 78.9 Å². The lowest BCUT2D eigenvalue weighted by molar-refractivity contribution is -0.113. The molecule has 0 bridgehead atoms. The third-order valence-corrected chi connectivity index (χ3v) is 1.74. The molecule has 0 spiro atoms. The van der Waals surface area contributed by atoms with Gasteiger partial charge in [-0.1, -0.05) is 18.2 Å². The molecule has 1 amide bonds. The highest BCUT2D eigenvalue weighted by atomic mass is 16.1. The Balaban J connectivity index is 2.58. The second kappa shape index (κ2) is 5.45.